The number of hydrogen-bond acceptors (Lipinski definition) is 3. The number of nitrogens with two attached hydrogens (primary N) is 1. The lowest BCUT2D eigenvalue weighted by atomic mass is 9.75. The summed E-state index contributed by atoms with van der Waals surface area (Å²) in [6, 6.07) is 5.90. The lowest BCUT2D eigenvalue weighted by Gasteiger charge is -2.30. The lowest BCUT2D eigenvalue weighted by molar-refractivity contribution is 0.0954. The van der Waals surface area contributed by atoms with Crippen molar-refractivity contribution in [3.8, 4) is 5.75 Å². The number of carbonyl (C=O) groups is 1. The van der Waals surface area contributed by atoms with Gasteiger partial charge in [0.15, 0.2) is 5.78 Å². The van der Waals surface area contributed by atoms with Gasteiger partial charge in [0, 0.05) is 12.8 Å². The van der Waals surface area contributed by atoms with Crippen LogP contribution < -0.4 is 10.5 Å². The second kappa shape index (κ2) is 6.61. The minimum Gasteiger partial charge on any atom is -0.492 e. The largest absolute Gasteiger partial charge is 0.492 e. The van der Waals surface area contributed by atoms with Gasteiger partial charge in [-0.15, -0.1) is 0 Å². The fraction of sp³-hybridized carbons (Fsp3) is 0.611. The summed E-state index contributed by atoms with van der Waals surface area (Å²) in [5, 5.41) is 0. The van der Waals surface area contributed by atoms with E-state index in [4.69, 9.17) is 10.5 Å². The molecule has 3 nitrogen and oxygen atoms in total. The predicted octanol–water partition coefficient (Wildman–Crippen LogP) is 3.60. The number of ether oxygens (including phenoxy) is 1. The van der Waals surface area contributed by atoms with Gasteiger partial charge < -0.3 is 10.5 Å². The smallest absolute Gasteiger partial charge is 0.166 e. The number of Topliss-reactive ketones (excluding diaryl/α,β-unsaturated/α-hetero) is 1. The Morgan fingerprint density at radius 3 is 2.76 bits per heavy atom. The van der Waals surface area contributed by atoms with E-state index in [1.807, 2.05) is 18.2 Å². The molecule has 0 bridgehead atoms. The van der Waals surface area contributed by atoms with E-state index < -0.39 is 0 Å². The van der Waals surface area contributed by atoms with Crippen LogP contribution in [-0.4, -0.2) is 18.9 Å². The maximum absolute atomic E-state index is 12.5. The van der Waals surface area contributed by atoms with Gasteiger partial charge in [0.25, 0.3) is 0 Å². The van der Waals surface area contributed by atoms with E-state index in [1.54, 1.807) is 0 Å². The molecule has 0 aliphatic carbocycles. The Kier molecular flexibility index (Phi) is 5.04. The standard InChI is InChI=1S/C18H27NO2/c1-18(2,3)14(9-11-19)7-8-16(20)15-6-4-5-13-10-12-21-17(13)15/h4-6,14H,7-12,19H2,1-3H3. The van der Waals surface area contributed by atoms with E-state index in [0.29, 0.717) is 25.5 Å². The Morgan fingerprint density at radius 2 is 2.10 bits per heavy atom. The molecule has 1 aromatic rings. The summed E-state index contributed by atoms with van der Waals surface area (Å²) in [6.07, 6.45) is 3.35. The first-order valence-electron chi connectivity index (χ1n) is 7.91. The van der Waals surface area contributed by atoms with Crippen LogP contribution in [0.15, 0.2) is 18.2 Å². The Hall–Kier alpha value is -1.35. The fourth-order valence-electron chi connectivity index (χ4n) is 3.09. The predicted molar refractivity (Wildman–Crippen MR) is 85.8 cm³/mol. The van der Waals surface area contributed by atoms with Crippen LogP contribution in [0.4, 0.5) is 0 Å². The minimum atomic E-state index is 0.189. The number of para-hydroxylation sites is 1. The molecular weight excluding hydrogens is 262 g/mol. The molecule has 2 rings (SSSR count). The highest BCUT2D eigenvalue weighted by Gasteiger charge is 2.26. The number of ketones is 1. The van der Waals surface area contributed by atoms with Crippen LogP contribution in [0.2, 0.25) is 0 Å². The number of fused-ring (bicyclic) bond motifs is 1. The van der Waals surface area contributed by atoms with Crippen molar-refractivity contribution in [2.75, 3.05) is 13.2 Å². The van der Waals surface area contributed by atoms with Crippen LogP contribution in [0.3, 0.4) is 0 Å². The second-order valence-corrected chi connectivity index (χ2v) is 6.99. The minimum absolute atomic E-state index is 0.189. The van der Waals surface area contributed by atoms with Crippen molar-refractivity contribution in [2.24, 2.45) is 17.1 Å². The van der Waals surface area contributed by atoms with Crippen LogP contribution in [0.5, 0.6) is 5.75 Å². The molecule has 1 aliphatic rings. The first-order valence-corrected chi connectivity index (χ1v) is 7.91. The van der Waals surface area contributed by atoms with Crippen molar-refractivity contribution in [3.63, 3.8) is 0 Å². The van der Waals surface area contributed by atoms with Crippen molar-refractivity contribution in [1.29, 1.82) is 0 Å². The molecule has 3 heteroatoms. The Balaban J connectivity index is 2.03. The molecular formula is C18H27NO2. The molecule has 1 heterocycles. The lowest BCUT2D eigenvalue weighted by Crippen LogP contribution is -2.24. The molecule has 1 aromatic carbocycles. The number of carbonyl (C=O) groups excluding carboxylic acids is 1. The Labute approximate surface area is 127 Å². The molecule has 2 N–H and O–H groups in total. The summed E-state index contributed by atoms with van der Waals surface area (Å²) in [5.74, 6) is 1.48. The quantitative estimate of drug-likeness (QED) is 0.814. The third-order valence-electron chi connectivity index (χ3n) is 4.47. The molecule has 1 aliphatic heterocycles. The Bertz CT molecular complexity index is 502. The van der Waals surface area contributed by atoms with E-state index in [2.05, 4.69) is 20.8 Å². The van der Waals surface area contributed by atoms with E-state index in [9.17, 15) is 4.79 Å². The third kappa shape index (κ3) is 3.85. The summed E-state index contributed by atoms with van der Waals surface area (Å²) >= 11 is 0. The molecule has 0 saturated heterocycles. The summed E-state index contributed by atoms with van der Waals surface area (Å²) < 4.78 is 5.63. The molecule has 0 radical (unpaired) electrons. The van der Waals surface area contributed by atoms with Crippen LogP contribution in [0.1, 0.15) is 56.0 Å². The molecule has 0 aromatic heterocycles. The van der Waals surface area contributed by atoms with Crippen molar-refractivity contribution in [3.05, 3.63) is 29.3 Å². The molecule has 0 amide bonds. The zero-order chi connectivity index (χ0) is 15.5. The van der Waals surface area contributed by atoms with Gasteiger partial charge in [0.05, 0.1) is 12.2 Å². The SMILES string of the molecule is CC(C)(C)C(CCN)CCC(=O)c1cccc2c1OCC2. The van der Waals surface area contributed by atoms with E-state index in [0.717, 1.165) is 36.1 Å². The second-order valence-electron chi connectivity index (χ2n) is 6.99. The summed E-state index contributed by atoms with van der Waals surface area (Å²) in [7, 11) is 0. The van der Waals surface area contributed by atoms with Gasteiger partial charge in [-0.2, -0.15) is 0 Å². The van der Waals surface area contributed by atoms with Crippen LogP contribution in [0, 0.1) is 11.3 Å². The van der Waals surface area contributed by atoms with Crippen LogP contribution >= 0.6 is 0 Å². The van der Waals surface area contributed by atoms with Gasteiger partial charge in [0.1, 0.15) is 5.75 Å². The van der Waals surface area contributed by atoms with Crippen molar-refractivity contribution < 1.29 is 9.53 Å². The zero-order valence-corrected chi connectivity index (χ0v) is 13.4. The normalized spacial score (nSPS) is 15.4. The average Bonchev–Trinajstić information content (AvgIpc) is 2.89. The summed E-state index contributed by atoms with van der Waals surface area (Å²) in [4.78, 5) is 12.5. The monoisotopic (exact) mass is 289 g/mol. The van der Waals surface area contributed by atoms with E-state index in [1.165, 1.54) is 0 Å². The number of hydrogen-bond donors (Lipinski definition) is 1. The topological polar surface area (TPSA) is 52.3 Å². The molecule has 0 spiro atoms. The highest BCUT2D eigenvalue weighted by atomic mass is 16.5. The molecule has 0 fully saturated rings. The number of rotatable bonds is 6. The maximum Gasteiger partial charge on any atom is 0.166 e. The molecule has 116 valence electrons. The summed E-state index contributed by atoms with van der Waals surface area (Å²) in [6.45, 7) is 8.04. The van der Waals surface area contributed by atoms with Gasteiger partial charge >= 0.3 is 0 Å². The number of benzene rings is 1. The Morgan fingerprint density at radius 1 is 1.33 bits per heavy atom. The molecule has 0 saturated carbocycles. The highest BCUT2D eigenvalue weighted by molar-refractivity contribution is 5.99. The van der Waals surface area contributed by atoms with Crippen LogP contribution in [-0.2, 0) is 6.42 Å². The first kappa shape index (κ1) is 16.0. The highest BCUT2D eigenvalue weighted by Crippen LogP contribution is 2.34. The molecule has 21 heavy (non-hydrogen) atoms. The average molecular weight is 289 g/mol. The van der Waals surface area contributed by atoms with Crippen LogP contribution in [0.25, 0.3) is 0 Å². The first-order chi connectivity index (χ1) is 9.93. The fourth-order valence-corrected chi connectivity index (χ4v) is 3.09. The van der Waals surface area contributed by atoms with E-state index in [-0.39, 0.29) is 11.2 Å². The third-order valence-corrected chi connectivity index (χ3v) is 4.47. The summed E-state index contributed by atoms with van der Waals surface area (Å²) in [5.41, 5.74) is 7.82. The van der Waals surface area contributed by atoms with Crippen molar-refractivity contribution in [1.82, 2.24) is 0 Å². The van der Waals surface area contributed by atoms with Gasteiger partial charge in [-0.1, -0.05) is 32.9 Å². The van der Waals surface area contributed by atoms with Crippen molar-refractivity contribution in [2.45, 2.75) is 46.5 Å². The van der Waals surface area contributed by atoms with Crippen molar-refractivity contribution >= 4 is 5.78 Å². The zero-order valence-electron chi connectivity index (χ0n) is 13.4. The molecule has 1 unspecified atom stereocenters. The van der Waals surface area contributed by atoms with Gasteiger partial charge in [-0.25, -0.2) is 0 Å². The molecule has 1 atom stereocenters. The maximum atomic E-state index is 12.5. The van der Waals surface area contributed by atoms with E-state index >= 15 is 0 Å². The van der Waals surface area contributed by atoms with Gasteiger partial charge in [0.2, 0.25) is 0 Å². The van der Waals surface area contributed by atoms with Gasteiger partial charge in [-0.05, 0) is 42.3 Å². The van der Waals surface area contributed by atoms with Gasteiger partial charge in [-0.3, -0.25) is 4.79 Å².